The first kappa shape index (κ1) is 15.4. The smallest absolute Gasteiger partial charge is 0.224 e. The average molecular weight is 304 g/mol. The Balaban J connectivity index is 1.89. The van der Waals surface area contributed by atoms with Crippen molar-refractivity contribution in [1.82, 2.24) is 5.32 Å². The van der Waals surface area contributed by atoms with E-state index in [0.29, 0.717) is 30.3 Å². The Bertz CT molecular complexity index is 599. The normalized spacial score (nSPS) is 10.2. The van der Waals surface area contributed by atoms with Gasteiger partial charge in [0.05, 0.1) is 18.1 Å². The molecule has 0 aliphatic heterocycles. The van der Waals surface area contributed by atoms with Crippen molar-refractivity contribution in [2.45, 2.75) is 19.9 Å². The molecule has 0 aliphatic rings. The van der Waals surface area contributed by atoms with Crippen molar-refractivity contribution in [2.24, 2.45) is 0 Å². The number of rotatable bonds is 6. The predicted molar refractivity (Wildman–Crippen MR) is 84.6 cm³/mol. The van der Waals surface area contributed by atoms with Gasteiger partial charge in [0.15, 0.2) is 0 Å². The fourth-order valence-corrected chi connectivity index (χ4v) is 2.23. The van der Waals surface area contributed by atoms with Gasteiger partial charge in [0.25, 0.3) is 0 Å². The van der Waals surface area contributed by atoms with E-state index in [9.17, 15) is 4.79 Å². The van der Waals surface area contributed by atoms with Crippen molar-refractivity contribution < 1.29 is 9.53 Å². The minimum Gasteiger partial charge on any atom is -0.492 e. The maximum atomic E-state index is 11.9. The third-order valence-corrected chi connectivity index (χ3v) is 3.29. The first-order valence-electron chi connectivity index (χ1n) is 6.91. The summed E-state index contributed by atoms with van der Waals surface area (Å²) >= 11 is 6.11. The van der Waals surface area contributed by atoms with Gasteiger partial charge >= 0.3 is 0 Å². The predicted octanol–water partition coefficient (Wildman–Crippen LogP) is 3.60. The lowest BCUT2D eigenvalue weighted by atomic mass is 10.1. The lowest BCUT2D eigenvalue weighted by Crippen LogP contribution is -2.24. The van der Waals surface area contributed by atoms with E-state index in [1.807, 2.05) is 43.3 Å². The fourth-order valence-electron chi connectivity index (χ4n) is 1.97. The quantitative estimate of drug-likeness (QED) is 0.885. The molecule has 4 heteroatoms. The zero-order valence-corrected chi connectivity index (χ0v) is 12.7. The molecule has 0 radical (unpaired) electrons. The van der Waals surface area contributed by atoms with Crippen LogP contribution in [0.2, 0.25) is 5.02 Å². The van der Waals surface area contributed by atoms with Crippen LogP contribution in [-0.2, 0) is 17.8 Å². The highest BCUT2D eigenvalue weighted by Crippen LogP contribution is 2.25. The molecule has 2 aromatic carbocycles. The molecule has 21 heavy (non-hydrogen) atoms. The van der Waals surface area contributed by atoms with Crippen LogP contribution < -0.4 is 10.1 Å². The van der Waals surface area contributed by atoms with Crippen LogP contribution in [0.3, 0.4) is 0 Å². The van der Waals surface area contributed by atoms with Crippen LogP contribution in [0.1, 0.15) is 18.1 Å². The second kappa shape index (κ2) is 7.70. The number of carbonyl (C=O) groups is 1. The van der Waals surface area contributed by atoms with Crippen LogP contribution in [0, 0.1) is 0 Å². The minimum atomic E-state index is -0.0286. The van der Waals surface area contributed by atoms with E-state index in [-0.39, 0.29) is 5.91 Å². The highest BCUT2D eigenvalue weighted by Gasteiger charge is 2.07. The molecule has 3 nitrogen and oxygen atoms in total. The van der Waals surface area contributed by atoms with E-state index in [0.717, 1.165) is 11.1 Å². The summed E-state index contributed by atoms with van der Waals surface area (Å²) in [5.74, 6) is 0.617. The van der Waals surface area contributed by atoms with Crippen molar-refractivity contribution in [2.75, 3.05) is 6.61 Å². The summed E-state index contributed by atoms with van der Waals surface area (Å²) in [6.45, 7) is 3.00. The number of ether oxygens (including phenoxy) is 1. The SMILES string of the molecule is CCOc1ccc(CC(=O)NCc2ccccc2)cc1Cl. The molecule has 0 heterocycles. The van der Waals surface area contributed by atoms with Gasteiger partial charge < -0.3 is 10.1 Å². The topological polar surface area (TPSA) is 38.3 Å². The highest BCUT2D eigenvalue weighted by molar-refractivity contribution is 6.32. The van der Waals surface area contributed by atoms with Crippen LogP contribution in [0.4, 0.5) is 0 Å². The van der Waals surface area contributed by atoms with Crippen LogP contribution in [0.5, 0.6) is 5.75 Å². The molecule has 0 bridgehead atoms. The molecule has 0 unspecified atom stereocenters. The number of carbonyl (C=O) groups excluding carboxylic acids is 1. The Morgan fingerprint density at radius 2 is 1.90 bits per heavy atom. The molecule has 1 N–H and O–H groups in total. The maximum Gasteiger partial charge on any atom is 0.224 e. The van der Waals surface area contributed by atoms with Gasteiger partial charge in [-0.25, -0.2) is 0 Å². The first-order chi connectivity index (χ1) is 10.2. The summed E-state index contributed by atoms with van der Waals surface area (Å²) in [6, 6.07) is 15.2. The fraction of sp³-hybridized carbons (Fsp3) is 0.235. The summed E-state index contributed by atoms with van der Waals surface area (Å²) in [5.41, 5.74) is 1.95. The van der Waals surface area contributed by atoms with Gasteiger partial charge in [-0.05, 0) is 30.2 Å². The van der Waals surface area contributed by atoms with Gasteiger partial charge in [0.2, 0.25) is 5.91 Å². The van der Waals surface area contributed by atoms with Crippen molar-refractivity contribution in [3.8, 4) is 5.75 Å². The molecule has 0 atom stereocenters. The minimum absolute atomic E-state index is 0.0286. The summed E-state index contributed by atoms with van der Waals surface area (Å²) in [7, 11) is 0. The van der Waals surface area contributed by atoms with Gasteiger partial charge in [-0.3, -0.25) is 4.79 Å². The summed E-state index contributed by atoms with van der Waals surface area (Å²) < 4.78 is 5.37. The Kier molecular flexibility index (Phi) is 5.64. The highest BCUT2D eigenvalue weighted by atomic mass is 35.5. The van der Waals surface area contributed by atoms with Crippen LogP contribution >= 0.6 is 11.6 Å². The Morgan fingerprint density at radius 3 is 2.57 bits per heavy atom. The second-order valence-electron chi connectivity index (χ2n) is 4.64. The van der Waals surface area contributed by atoms with E-state index in [2.05, 4.69) is 5.32 Å². The van der Waals surface area contributed by atoms with Crippen molar-refractivity contribution in [3.63, 3.8) is 0 Å². The van der Waals surface area contributed by atoms with E-state index in [1.165, 1.54) is 0 Å². The molecule has 0 fully saturated rings. The van der Waals surface area contributed by atoms with Gasteiger partial charge in [-0.1, -0.05) is 48.0 Å². The summed E-state index contributed by atoms with van der Waals surface area (Å²) in [6.07, 6.45) is 0.305. The third kappa shape index (κ3) is 4.80. The third-order valence-electron chi connectivity index (χ3n) is 2.99. The van der Waals surface area contributed by atoms with Gasteiger partial charge in [-0.2, -0.15) is 0 Å². The first-order valence-corrected chi connectivity index (χ1v) is 7.28. The number of hydrogen-bond donors (Lipinski definition) is 1. The molecule has 0 aliphatic carbocycles. The van der Waals surface area contributed by atoms with Crippen molar-refractivity contribution in [3.05, 3.63) is 64.7 Å². The monoisotopic (exact) mass is 303 g/mol. The van der Waals surface area contributed by atoms with Gasteiger partial charge in [0.1, 0.15) is 5.75 Å². The molecule has 0 aromatic heterocycles. The van der Waals surface area contributed by atoms with E-state index >= 15 is 0 Å². The molecule has 2 aromatic rings. The number of nitrogens with one attached hydrogen (secondary N) is 1. The Hall–Kier alpha value is -2.00. The molecule has 0 spiro atoms. The lowest BCUT2D eigenvalue weighted by molar-refractivity contribution is -0.120. The largest absolute Gasteiger partial charge is 0.492 e. The van der Waals surface area contributed by atoms with Crippen LogP contribution in [-0.4, -0.2) is 12.5 Å². The molecule has 0 saturated carbocycles. The average Bonchev–Trinajstić information content (AvgIpc) is 2.49. The van der Waals surface area contributed by atoms with Gasteiger partial charge in [0, 0.05) is 6.54 Å². The molecule has 2 rings (SSSR count). The van der Waals surface area contributed by atoms with E-state index in [4.69, 9.17) is 16.3 Å². The Morgan fingerprint density at radius 1 is 1.14 bits per heavy atom. The zero-order valence-electron chi connectivity index (χ0n) is 11.9. The van der Waals surface area contributed by atoms with Crippen LogP contribution in [0.15, 0.2) is 48.5 Å². The van der Waals surface area contributed by atoms with E-state index < -0.39 is 0 Å². The lowest BCUT2D eigenvalue weighted by Gasteiger charge is -2.08. The molecular weight excluding hydrogens is 286 g/mol. The number of amides is 1. The maximum absolute atomic E-state index is 11.9. The summed E-state index contributed by atoms with van der Waals surface area (Å²) in [4.78, 5) is 11.9. The summed E-state index contributed by atoms with van der Waals surface area (Å²) in [5, 5.41) is 3.43. The molecule has 0 saturated heterocycles. The number of halogens is 1. The number of hydrogen-bond acceptors (Lipinski definition) is 2. The molecular formula is C17H18ClNO2. The Labute approximate surface area is 129 Å². The van der Waals surface area contributed by atoms with Gasteiger partial charge in [-0.15, -0.1) is 0 Å². The standard InChI is InChI=1S/C17H18ClNO2/c1-2-21-16-9-8-14(10-15(16)18)11-17(20)19-12-13-6-4-3-5-7-13/h3-10H,2,11-12H2,1H3,(H,19,20). The van der Waals surface area contributed by atoms with E-state index in [1.54, 1.807) is 12.1 Å². The zero-order chi connectivity index (χ0) is 15.1. The van der Waals surface area contributed by atoms with Crippen molar-refractivity contribution in [1.29, 1.82) is 0 Å². The molecule has 110 valence electrons. The molecule has 1 amide bonds. The van der Waals surface area contributed by atoms with Crippen molar-refractivity contribution >= 4 is 17.5 Å². The second-order valence-corrected chi connectivity index (χ2v) is 5.04. The van der Waals surface area contributed by atoms with Crippen LogP contribution in [0.25, 0.3) is 0 Å². The number of benzene rings is 2.